The van der Waals surface area contributed by atoms with E-state index in [1.807, 2.05) is 6.26 Å². The lowest BCUT2D eigenvalue weighted by Gasteiger charge is -2.35. The van der Waals surface area contributed by atoms with Crippen molar-refractivity contribution in [2.75, 3.05) is 6.26 Å². The van der Waals surface area contributed by atoms with E-state index in [1.165, 1.54) is 22.3 Å². The van der Waals surface area contributed by atoms with Crippen molar-refractivity contribution < 1.29 is 14.3 Å². The third kappa shape index (κ3) is 5.75. The number of hydrogen-bond acceptors (Lipinski definition) is 4. The quantitative estimate of drug-likeness (QED) is 0.593. The first-order valence-electron chi connectivity index (χ1n) is 9.46. The molecule has 0 radical (unpaired) electrons. The first-order valence-corrected chi connectivity index (χ1v) is 14.2. The largest absolute Gasteiger partial charge is 0.544 e. The van der Waals surface area contributed by atoms with Crippen molar-refractivity contribution in [3.63, 3.8) is 0 Å². The monoisotopic (exact) mass is 411 g/mol. The summed E-state index contributed by atoms with van der Waals surface area (Å²) in [5.41, 5.74) is 11.8. The molecule has 2 atom stereocenters. The van der Waals surface area contributed by atoms with Crippen LogP contribution in [0.1, 0.15) is 60.3 Å². The van der Waals surface area contributed by atoms with Crippen LogP contribution in [0.2, 0.25) is 19.6 Å². The molecule has 0 saturated carbocycles. The van der Waals surface area contributed by atoms with E-state index in [9.17, 15) is 9.90 Å². The highest BCUT2D eigenvalue weighted by molar-refractivity contribution is 7.98. The minimum atomic E-state index is -1.76. The first kappa shape index (κ1) is 24.1. The van der Waals surface area contributed by atoms with Crippen LogP contribution >= 0.6 is 11.8 Å². The number of rotatable bonds is 7. The maximum Gasteiger partial charge on any atom is 0.320 e. The number of aliphatic carboxylic acids is 1. The molecular formula is C21H37NO3SSi. The summed E-state index contributed by atoms with van der Waals surface area (Å²) in [4.78, 5) is 11.3. The van der Waals surface area contributed by atoms with Gasteiger partial charge in [-0.15, -0.1) is 0 Å². The van der Waals surface area contributed by atoms with Crippen LogP contribution in [-0.4, -0.2) is 31.7 Å². The minimum Gasteiger partial charge on any atom is -0.544 e. The van der Waals surface area contributed by atoms with Gasteiger partial charge in [0.25, 0.3) is 0 Å². The average Bonchev–Trinajstić information content (AvgIpc) is 2.50. The highest BCUT2D eigenvalue weighted by atomic mass is 32.2. The SMILES string of the molecule is CSC(CC(N)C(=O)O)c1c(C)c(C)c(O[Si](C)(C)C)c(C)c1C(C)(C)C. The molecule has 0 aliphatic carbocycles. The lowest BCUT2D eigenvalue weighted by molar-refractivity contribution is -0.138. The molecule has 3 N–H and O–H groups in total. The van der Waals surface area contributed by atoms with Gasteiger partial charge in [0.05, 0.1) is 0 Å². The maximum atomic E-state index is 11.3. The van der Waals surface area contributed by atoms with Gasteiger partial charge in [0.1, 0.15) is 11.8 Å². The Balaban J connectivity index is 3.76. The number of hydrogen-bond donors (Lipinski definition) is 2. The Kier molecular flexibility index (Phi) is 7.64. The second kappa shape index (κ2) is 8.58. The Morgan fingerprint density at radius 3 is 2.04 bits per heavy atom. The molecule has 0 bridgehead atoms. The second-order valence-corrected chi connectivity index (χ2v) is 14.8. The predicted octanol–water partition coefficient (Wildman–Crippen LogP) is 5.33. The highest BCUT2D eigenvalue weighted by Crippen LogP contribution is 2.46. The topological polar surface area (TPSA) is 72.6 Å². The molecule has 2 unspecified atom stereocenters. The molecule has 1 rings (SSSR count). The molecule has 6 heteroatoms. The molecule has 0 aliphatic rings. The second-order valence-electron chi connectivity index (χ2n) is 9.36. The van der Waals surface area contributed by atoms with Crippen LogP contribution in [0, 0.1) is 20.8 Å². The van der Waals surface area contributed by atoms with Crippen molar-refractivity contribution in [1.82, 2.24) is 0 Å². The Morgan fingerprint density at radius 1 is 1.15 bits per heavy atom. The van der Waals surface area contributed by atoms with Gasteiger partial charge >= 0.3 is 5.97 Å². The van der Waals surface area contributed by atoms with Crippen molar-refractivity contribution in [2.24, 2.45) is 5.73 Å². The fourth-order valence-electron chi connectivity index (χ4n) is 3.65. The van der Waals surface area contributed by atoms with Gasteiger partial charge in [0, 0.05) is 5.25 Å². The Morgan fingerprint density at radius 2 is 1.67 bits per heavy atom. The van der Waals surface area contributed by atoms with Crippen molar-refractivity contribution in [1.29, 1.82) is 0 Å². The van der Waals surface area contributed by atoms with Crippen LogP contribution in [-0.2, 0) is 10.2 Å². The standard InChI is InChI=1S/C21H37NO3SSi/c1-12-13(2)19(25-27(8,9)10)14(3)18(21(4,5)6)17(12)16(26-7)11-15(22)20(23)24/h15-16H,11,22H2,1-10H3,(H,23,24). The number of carboxylic acid groups (broad SMARTS) is 1. The molecule has 0 aromatic heterocycles. The summed E-state index contributed by atoms with van der Waals surface area (Å²) in [6, 6.07) is -0.867. The Hall–Kier alpha value is -0.983. The van der Waals surface area contributed by atoms with E-state index >= 15 is 0 Å². The summed E-state index contributed by atoms with van der Waals surface area (Å²) in [5.74, 6) is 0.0545. The molecule has 27 heavy (non-hydrogen) atoms. The number of carbonyl (C=O) groups is 1. The first-order chi connectivity index (χ1) is 12.1. The highest BCUT2D eigenvalue weighted by Gasteiger charge is 2.32. The van der Waals surface area contributed by atoms with Crippen LogP contribution in [0.4, 0.5) is 0 Å². The zero-order valence-electron chi connectivity index (χ0n) is 18.6. The third-order valence-electron chi connectivity index (χ3n) is 4.84. The molecule has 1 aromatic carbocycles. The molecule has 154 valence electrons. The van der Waals surface area contributed by atoms with Gasteiger partial charge in [-0.3, -0.25) is 4.79 Å². The molecule has 0 amide bonds. The lowest BCUT2D eigenvalue weighted by atomic mass is 9.76. The number of nitrogens with two attached hydrogens (primary N) is 1. The van der Waals surface area contributed by atoms with Gasteiger partial charge < -0.3 is 15.3 Å². The van der Waals surface area contributed by atoms with Crippen LogP contribution < -0.4 is 10.2 Å². The molecular weight excluding hydrogens is 374 g/mol. The summed E-state index contributed by atoms with van der Waals surface area (Å²) in [7, 11) is -1.76. The Labute approximate surface area is 170 Å². The maximum absolute atomic E-state index is 11.3. The molecule has 0 fully saturated rings. The van der Waals surface area contributed by atoms with Crippen molar-refractivity contribution >= 4 is 26.0 Å². The number of thioether (sulfide) groups is 1. The van der Waals surface area contributed by atoms with E-state index in [0.717, 1.165) is 11.3 Å². The smallest absolute Gasteiger partial charge is 0.320 e. The number of carboxylic acids is 1. The average molecular weight is 412 g/mol. The molecule has 4 nitrogen and oxygen atoms in total. The van der Waals surface area contributed by atoms with E-state index in [4.69, 9.17) is 10.2 Å². The fraction of sp³-hybridized carbons (Fsp3) is 0.667. The zero-order valence-corrected chi connectivity index (χ0v) is 20.4. The van der Waals surface area contributed by atoms with Gasteiger partial charge in [-0.2, -0.15) is 11.8 Å². The summed E-state index contributed by atoms with van der Waals surface area (Å²) >= 11 is 1.67. The predicted molar refractivity (Wildman–Crippen MR) is 120 cm³/mol. The van der Waals surface area contributed by atoms with Crippen LogP contribution in [0.15, 0.2) is 0 Å². The molecule has 0 saturated heterocycles. The van der Waals surface area contributed by atoms with Gasteiger partial charge in [-0.1, -0.05) is 20.8 Å². The van der Waals surface area contributed by atoms with E-state index in [0.29, 0.717) is 6.42 Å². The van der Waals surface area contributed by atoms with Gasteiger partial charge in [0.2, 0.25) is 8.32 Å². The summed E-state index contributed by atoms with van der Waals surface area (Å²) in [6.07, 6.45) is 2.44. The van der Waals surface area contributed by atoms with E-state index in [1.54, 1.807) is 11.8 Å². The normalized spacial score (nSPS) is 14.8. The molecule has 0 aliphatic heterocycles. The fourth-order valence-corrected chi connectivity index (χ4v) is 5.50. The van der Waals surface area contributed by atoms with Gasteiger partial charge in [-0.05, 0) is 86.3 Å². The Bertz CT molecular complexity index is 705. The van der Waals surface area contributed by atoms with Gasteiger partial charge in [-0.25, -0.2) is 0 Å². The van der Waals surface area contributed by atoms with E-state index in [2.05, 4.69) is 61.2 Å². The molecule has 1 aromatic rings. The van der Waals surface area contributed by atoms with Gasteiger partial charge in [0.15, 0.2) is 0 Å². The lowest BCUT2D eigenvalue weighted by Crippen LogP contribution is -2.33. The summed E-state index contributed by atoms with van der Waals surface area (Å²) < 4.78 is 6.48. The van der Waals surface area contributed by atoms with Crippen molar-refractivity contribution in [2.45, 2.75) is 84.3 Å². The molecule has 0 heterocycles. The molecule has 0 spiro atoms. The number of benzene rings is 1. The van der Waals surface area contributed by atoms with Crippen LogP contribution in [0.25, 0.3) is 0 Å². The summed E-state index contributed by atoms with van der Waals surface area (Å²) in [5, 5.41) is 9.33. The minimum absolute atomic E-state index is 0.0312. The van der Waals surface area contributed by atoms with Crippen molar-refractivity contribution in [3.8, 4) is 5.75 Å². The third-order valence-corrected chi connectivity index (χ3v) is 6.66. The zero-order chi connectivity index (χ0) is 21.3. The van der Waals surface area contributed by atoms with Crippen molar-refractivity contribution in [3.05, 3.63) is 27.8 Å². The van der Waals surface area contributed by atoms with E-state index < -0.39 is 20.3 Å². The van der Waals surface area contributed by atoms with E-state index in [-0.39, 0.29) is 10.7 Å². The van der Waals surface area contributed by atoms with Crippen LogP contribution in [0.3, 0.4) is 0 Å². The summed E-state index contributed by atoms with van der Waals surface area (Å²) in [6.45, 7) is 19.6. The van der Waals surface area contributed by atoms with Crippen LogP contribution in [0.5, 0.6) is 5.75 Å².